The second-order valence-corrected chi connectivity index (χ2v) is 16.7. The Morgan fingerprint density at radius 2 is 0.750 bits per heavy atom. The average Bonchev–Trinajstić information content (AvgIpc) is 3.30. The molecule has 0 aromatic carbocycles. The fraction of sp³-hybridized carbons (Fsp3) is 0.627. The molecule has 0 aliphatic rings. The first-order chi connectivity index (χ1) is 31.6. The van der Waals surface area contributed by atoms with Gasteiger partial charge in [-0.3, -0.25) is 9.59 Å². The molecule has 0 spiro atoms. The lowest BCUT2D eigenvalue weighted by molar-refractivity contribution is -0.162. The van der Waals surface area contributed by atoms with Gasteiger partial charge in [0.2, 0.25) is 0 Å². The normalized spacial score (nSPS) is 13.2. The Hall–Kier alpha value is -3.70. The van der Waals surface area contributed by atoms with Crippen molar-refractivity contribution in [1.29, 1.82) is 0 Å². The van der Waals surface area contributed by atoms with Crippen molar-refractivity contribution < 1.29 is 23.8 Å². The number of rotatable bonds is 46. The number of allylic oxidation sites excluding steroid dienone is 19. The van der Waals surface area contributed by atoms with Crippen LogP contribution in [0.15, 0.2) is 122 Å². The molecule has 0 N–H and O–H groups in total. The third kappa shape index (κ3) is 50.9. The van der Waals surface area contributed by atoms with E-state index in [1.165, 1.54) is 77.0 Å². The smallest absolute Gasteiger partial charge is 0.309 e. The Kier molecular flexibility index (Phi) is 50.5. The van der Waals surface area contributed by atoms with Crippen molar-refractivity contribution in [2.75, 3.05) is 19.8 Å². The van der Waals surface area contributed by atoms with Crippen molar-refractivity contribution in [2.45, 2.75) is 219 Å². The van der Waals surface area contributed by atoms with E-state index in [1.54, 1.807) is 0 Å². The van der Waals surface area contributed by atoms with Gasteiger partial charge in [0.1, 0.15) is 6.61 Å². The van der Waals surface area contributed by atoms with Gasteiger partial charge in [0.05, 0.1) is 13.0 Å². The largest absolute Gasteiger partial charge is 0.461 e. The Labute approximate surface area is 395 Å². The minimum atomic E-state index is -0.596. The van der Waals surface area contributed by atoms with Crippen molar-refractivity contribution in [3.8, 4) is 0 Å². The van der Waals surface area contributed by atoms with Crippen molar-refractivity contribution in [3.05, 3.63) is 122 Å². The summed E-state index contributed by atoms with van der Waals surface area (Å²) < 4.78 is 17.3. The van der Waals surface area contributed by atoms with Gasteiger partial charge < -0.3 is 14.2 Å². The summed E-state index contributed by atoms with van der Waals surface area (Å²) in [5.74, 6) is -0.573. The predicted molar refractivity (Wildman–Crippen MR) is 279 cm³/mol. The Morgan fingerprint density at radius 1 is 0.375 bits per heavy atom. The first-order valence-electron chi connectivity index (χ1n) is 26.1. The highest BCUT2D eigenvalue weighted by molar-refractivity contribution is 5.71. The van der Waals surface area contributed by atoms with Crippen LogP contribution >= 0.6 is 0 Å². The summed E-state index contributed by atoms with van der Waals surface area (Å²) >= 11 is 0. The van der Waals surface area contributed by atoms with Crippen LogP contribution in [-0.2, 0) is 23.8 Å². The molecule has 5 nitrogen and oxygen atoms in total. The summed E-state index contributed by atoms with van der Waals surface area (Å²) in [5.41, 5.74) is 0. The van der Waals surface area contributed by atoms with Gasteiger partial charge in [0.15, 0.2) is 6.10 Å². The summed E-state index contributed by atoms with van der Waals surface area (Å²) in [7, 11) is 0. The van der Waals surface area contributed by atoms with Crippen molar-refractivity contribution in [1.82, 2.24) is 0 Å². The molecule has 0 bridgehead atoms. The molecule has 0 fully saturated rings. The van der Waals surface area contributed by atoms with E-state index in [0.717, 1.165) is 103 Å². The third-order valence-corrected chi connectivity index (χ3v) is 10.5. The van der Waals surface area contributed by atoms with Gasteiger partial charge in [-0.05, 0) is 109 Å². The highest BCUT2D eigenvalue weighted by Crippen LogP contribution is 2.12. The molecule has 1 unspecified atom stereocenters. The van der Waals surface area contributed by atoms with Crippen LogP contribution in [0.3, 0.4) is 0 Å². The van der Waals surface area contributed by atoms with Crippen molar-refractivity contribution >= 4 is 11.9 Å². The third-order valence-electron chi connectivity index (χ3n) is 10.5. The van der Waals surface area contributed by atoms with E-state index >= 15 is 0 Å². The first kappa shape index (κ1) is 60.3. The SMILES string of the molecule is CC/C=C\C/C=C\C/C=C\C/C=C\C/C=C\CC(=O)OCC(COCCCCCCCCCC/C=C\C/C=C\CCCCC)OC(=O)CCCCCCC/C=C\C/C=C\C/C=C\CC. The number of hydrogen-bond donors (Lipinski definition) is 0. The lowest BCUT2D eigenvalue weighted by Gasteiger charge is -2.18. The maximum atomic E-state index is 12.8. The predicted octanol–water partition coefficient (Wildman–Crippen LogP) is 17.8. The lowest BCUT2D eigenvalue weighted by atomic mass is 10.1. The highest BCUT2D eigenvalue weighted by atomic mass is 16.6. The Balaban J connectivity index is 4.44. The highest BCUT2D eigenvalue weighted by Gasteiger charge is 2.17. The number of carbonyl (C=O) groups is 2. The van der Waals surface area contributed by atoms with Gasteiger partial charge >= 0.3 is 11.9 Å². The van der Waals surface area contributed by atoms with Crippen LogP contribution in [0.25, 0.3) is 0 Å². The summed E-state index contributed by atoms with van der Waals surface area (Å²) in [4.78, 5) is 25.3. The maximum absolute atomic E-state index is 12.8. The van der Waals surface area contributed by atoms with Gasteiger partial charge in [-0.25, -0.2) is 0 Å². The van der Waals surface area contributed by atoms with E-state index in [2.05, 4.69) is 130 Å². The molecular formula is C59H96O5. The molecule has 0 aromatic rings. The minimum absolute atomic E-state index is 0.0143. The molecule has 362 valence electrons. The van der Waals surface area contributed by atoms with E-state index in [1.807, 2.05) is 12.2 Å². The molecule has 0 aromatic heterocycles. The van der Waals surface area contributed by atoms with E-state index in [9.17, 15) is 9.59 Å². The molecule has 0 saturated heterocycles. The molecule has 0 aliphatic heterocycles. The zero-order valence-corrected chi connectivity index (χ0v) is 41.5. The van der Waals surface area contributed by atoms with Crippen LogP contribution in [-0.4, -0.2) is 37.9 Å². The standard InChI is InChI=1S/C59H96O5/c1-4-7-10-13-16-19-22-25-28-29-30-33-36-39-42-45-48-51-54-62-55-57(64-59(61)53-50-47-44-41-38-35-32-27-24-21-18-15-12-9-6-3)56-63-58(60)52-49-46-43-40-37-34-31-26-23-20-17-14-11-8-5-2/h8-9,11-12,16-21,25-28,31-32,37,40,46,49,57H,4-7,10,13-15,22-24,29-30,33-36,38-39,41-45,47-48,50-56H2,1-3H3/b11-8-,12-9-,19-16-,20-17-,21-18-,28-25-,31-26-,32-27-,40-37-,49-46-. The first-order valence-corrected chi connectivity index (χ1v) is 26.1. The molecule has 1 atom stereocenters. The van der Waals surface area contributed by atoms with E-state index in [-0.39, 0.29) is 31.6 Å². The molecule has 0 amide bonds. The zero-order chi connectivity index (χ0) is 46.3. The second kappa shape index (κ2) is 53.6. The number of esters is 2. The Bertz CT molecular complexity index is 1320. The van der Waals surface area contributed by atoms with Crippen LogP contribution in [0, 0.1) is 0 Å². The lowest BCUT2D eigenvalue weighted by Crippen LogP contribution is -2.30. The molecule has 0 heterocycles. The molecule has 0 saturated carbocycles. The monoisotopic (exact) mass is 885 g/mol. The number of carbonyl (C=O) groups excluding carboxylic acids is 2. The van der Waals surface area contributed by atoms with Crippen molar-refractivity contribution in [3.63, 3.8) is 0 Å². The topological polar surface area (TPSA) is 61.8 Å². The van der Waals surface area contributed by atoms with Gasteiger partial charge in [0.25, 0.3) is 0 Å². The molecule has 0 aliphatic carbocycles. The molecular weight excluding hydrogens is 789 g/mol. The summed E-state index contributed by atoms with van der Waals surface area (Å²) in [6.45, 7) is 7.43. The number of unbranched alkanes of at least 4 members (excludes halogenated alkanes) is 16. The quantitative estimate of drug-likeness (QED) is 0.0346. The summed E-state index contributed by atoms with van der Waals surface area (Å²) in [6, 6.07) is 0. The van der Waals surface area contributed by atoms with Gasteiger partial charge in [-0.2, -0.15) is 0 Å². The van der Waals surface area contributed by atoms with Crippen LogP contribution in [0.2, 0.25) is 0 Å². The van der Waals surface area contributed by atoms with Crippen LogP contribution in [0.5, 0.6) is 0 Å². The fourth-order valence-corrected chi connectivity index (χ4v) is 6.69. The summed E-state index contributed by atoms with van der Waals surface area (Å²) in [5, 5.41) is 0. The van der Waals surface area contributed by atoms with Gasteiger partial charge in [0, 0.05) is 13.0 Å². The molecule has 0 rings (SSSR count). The second-order valence-electron chi connectivity index (χ2n) is 16.7. The van der Waals surface area contributed by atoms with E-state index in [4.69, 9.17) is 14.2 Å². The fourth-order valence-electron chi connectivity index (χ4n) is 6.69. The summed E-state index contributed by atoms with van der Waals surface area (Å²) in [6.07, 6.45) is 75.2. The van der Waals surface area contributed by atoms with Gasteiger partial charge in [-0.1, -0.05) is 213 Å². The van der Waals surface area contributed by atoms with Gasteiger partial charge in [-0.15, -0.1) is 0 Å². The van der Waals surface area contributed by atoms with Crippen LogP contribution in [0.1, 0.15) is 213 Å². The van der Waals surface area contributed by atoms with Crippen molar-refractivity contribution in [2.24, 2.45) is 0 Å². The van der Waals surface area contributed by atoms with E-state index < -0.39 is 6.10 Å². The van der Waals surface area contributed by atoms with Crippen LogP contribution in [0.4, 0.5) is 0 Å². The Morgan fingerprint density at radius 3 is 1.20 bits per heavy atom. The maximum Gasteiger partial charge on any atom is 0.309 e. The molecule has 5 heteroatoms. The van der Waals surface area contributed by atoms with Crippen LogP contribution < -0.4 is 0 Å². The average molecular weight is 885 g/mol. The number of hydrogen-bond acceptors (Lipinski definition) is 5. The number of ether oxygens (including phenoxy) is 3. The zero-order valence-electron chi connectivity index (χ0n) is 41.5. The molecule has 0 radical (unpaired) electrons. The van der Waals surface area contributed by atoms with E-state index in [0.29, 0.717) is 13.0 Å². The minimum Gasteiger partial charge on any atom is -0.461 e. The molecule has 64 heavy (non-hydrogen) atoms.